The molecular weight excluding hydrogens is 692 g/mol. The first-order chi connectivity index (χ1) is 21.5. The molecule has 1 heterocycles. The van der Waals surface area contributed by atoms with E-state index in [4.69, 9.17) is 18.6 Å². The molecular formula is C29H29BrN4O9S2. The minimum absolute atomic E-state index is 0.0959. The van der Waals surface area contributed by atoms with Crippen LogP contribution in [-0.2, 0) is 31.4 Å². The molecule has 16 heteroatoms. The van der Waals surface area contributed by atoms with Gasteiger partial charge in [0.05, 0.1) is 49.6 Å². The number of furan rings is 1. The monoisotopic (exact) mass is 720 g/mol. The number of hydrogen-bond acceptors (Lipinski definition) is 10. The number of amides is 1. The van der Waals surface area contributed by atoms with Gasteiger partial charge in [-0.15, -0.1) is 0 Å². The molecule has 0 aliphatic carbocycles. The molecule has 0 radical (unpaired) electrons. The van der Waals surface area contributed by atoms with Crippen molar-refractivity contribution in [2.75, 3.05) is 32.2 Å². The molecule has 4 rings (SSSR count). The van der Waals surface area contributed by atoms with Gasteiger partial charge >= 0.3 is 0 Å². The molecule has 0 atom stereocenters. The molecule has 45 heavy (non-hydrogen) atoms. The quantitative estimate of drug-likeness (QED) is 0.145. The summed E-state index contributed by atoms with van der Waals surface area (Å²) in [6.07, 6.45) is 1.20. The second-order valence-electron chi connectivity index (χ2n) is 9.10. The summed E-state index contributed by atoms with van der Waals surface area (Å²) >= 11 is 3.26. The number of carbonyl (C=O) groups excluding carboxylic acids is 1. The highest BCUT2D eigenvalue weighted by Crippen LogP contribution is 2.32. The zero-order valence-electron chi connectivity index (χ0n) is 24.3. The average molecular weight is 722 g/mol. The Labute approximate surface area is 269 Å². The Hall–Kier alpha value is -4.38. The van der Waals surface area contributed by atoms with E-state index in [1.165, 1.54) is 76.1 Å². The lowest BCUT2D eigenvalue weighted by Gasteiger charge is -2.24. The lowest BCUT2D eigenvalue weighted by molar-refractivity contribution is -0.119. The Kier molecular flexibility index (Phi) is 10.9. The maximum absolute atomic E-state index is 13.7. The number of sulfonamides is 2. The fourth-order valence-electron chi connectivity index (χ4n) is 3.92. The molecule has 0 aliphatic heterocycles. The molecule has 0 fully saturated rings. The maximum Gasteiger partial charge on any atom is 0.264 e. The molecule has 1 aromatic heterocycles. The molecule has 0 spiro atoms. The maximum atomic E-state index is 13.7. The van der Waals surface area contributed by atoms with Gasteiger partial charge in [0.15, 0.2) is 11.5 Å². The number of nitrogens with zero attached hydrogens (tertiary/aromatic N) is 2. The summed E-state index contributed by atoms with van der Waals surface area (Å²) < 4.78 is 77.8. The topological polar surface area (TPSA) is 166 Å². The molecule has 0 aliphatic rings. The Balaban J connectivity index is 1.45. The second kappa shape index (κ2) is 14.6. The zero-order valence-corrected chi connectivity index (χ0v) is 27.5. The van der Waals surface area contributed by atoms with Crippen LogP contribution in [0.1, 0.15) is 11.5 Å². The highest BCUT2D eigenvalue weighted by molar-refractivity contribution is 9.10. The molecule has 0 unspecified atom stereocenters. The van der Waals surface area contributed by atoms with Crippen molar-refractivity contribution in [2.24, 2.45) is 5.10 Å². The molecule has 13 nitrogen and oxygen atoms in total. The van der Waals surface area contributed by atoms with Gasteiger partial charge in [-0.1, -0.05) is 15.9 Å². The standard InChI is InChI=1S/C29H29BrN4O9S2/c1-40-22-8-6-21(7-9-22)34(45(38,39)26-14-15-27(41-2)28(16-26)42-3)19-29(35)33-31-17-23-10-11-24(43-23)18-32-44(36,37)25-12-4-20(30)5-13-25/h4-17,32H,18-19H2,1-3H3,(H,33,35)/b31-17-. The van der Waals surface area contributed by atoms with Crippen LogP contribution in [0, 0.1) is 0 Å². The Morgan fingerprint density at radius 2 is 1.53 bits per heavy atom. The Morgan fingerprint density at radius 1 is 0.867 bits per heavy atom. The third-order valence-electron chi connectivity index (χ3n) is 6.21. The molecule has 1 amide bonds. The number of rotatable bonds is 14. The lowest BCUT2D eigenvalue weighted by atomic mass is 10.3. The smallest absolute Gasteiger partial charge is 0.264 e. The molecule has 2 N–H and O–H groups in total. The first-order valence-corrected chi connectivity index (χ1v) is 16.7. The number of anilines is 1. The van der Waals surface area contributed by atoms with Crippen LogP contribution in [0.4, 0.5) is 5.69 Å². The summed E-state index contributed by atoms with van der Waals surface area (Å²) in [5.74, 6) is 0.799. The van der Waals surface area contributed by atoms with E-state index in [2.05, 4.69) is 31.2 Å². The average Bonchev–Trinajstić information content (AvgIpc) is 3.50. The fraction of sp³-hybridized carbons (Fsp3) is 0.172. The number of ether oxygens (including phenoxy) is 3. The largest absolute Gasteiger partial charge is 0.497 e. The van der Waals surface area contributed by atoms with Crippen molar-refractivity contribution >= 4 is 53.8 Å². The molecule has 3 aromatic carbocycles. The number of halogens is 1. The minimum Gasteiger partial charge on any atom is -0.497 e. The summed E-state index contributed by atoms with van der Waals surface area (Å²) in [6, 6.07) is 19.5. The first-order valence-electron chi connectivity index (χ1n) is 13.0. The number of methoxy groups -OCH3 is 3. The van der Waals surface area contributed by atoms with Gasteiger partial charge in [-0.3, -0.25) is 9.10 Å². The van der Waals surface area contributed by atoms with Crippen LogP contribution >= 0.6 is 15.9 Å². The number of hydrazone groups is 1. The van der Waals surface area contributed by atoms with E-state index in [1.807, 2.05) is 0 Å². The van der Waals surface area contributed by atoms with Gasteiger partial charge in [-0.2, -0.15) is 5.10 Å². The van der Waals surface area contributed by atoms with Gasteiger partial charge < -0.3 is 18.6 Å². The van der Waals surface area contributed by atoms with Crippen LogP contribution < -0.4 is 28.7 Å². The summed E-state index contributed by atoms with van der Waals surface area (Å²) in [6.45, 7) is -0.745. The van der Waals surface area contributed by atoms with E-state index in [1.54, 1.807) is 30.3 Å². The predicted octanol–water partition coefficient (Wildman–Crippen LogP) is 3.89. The van der Waals surface area contributed by atoms with Crippen LogP contribution in [0.3, 0.4) is 0 Å². The molecule has 4 aromatic rings. The zero-order chi connectivity index (χ0) is 32.6. The summed E-state index contributed by atoms with van der Waals surface area (Å²) in [7, 11) is -3.76. The first kappa shape index (κ1) is 33.5. The van der Waals surface area contributed by atoms with Crippen LogP contribution in [-0.4, -0.2) is 56.8 Å². The van der Waals surface area contributed by atoms with Crippen LogP contribution in [0.25, 0.3) is 0 Å². The van der Waals surface area contributed by atoms with E-state index >= 15 is 0 Å². The van der Waals surface area contributed by atoms with E-state index in [9.17, 15) is 21.6 Å². The molecule has 0 saturated heterocycles. The summed E-state index contributed by atoms with van der Waals surface area (Å²) in [5, 5.41) is 3.86. The van der Waals surface area contributed by atoms with Gasteiger partial charge in [-0.05, 0) is 72.8 Å². The van der Waals surface area contributed by atoms with Gasteiger partial charge in [0, 0.05) is 10.5 Å². The van der Waals surface area contributed by atoms with Gasteiger partial charge in [0.1, 0.15) is 23.8 Å². The van der Waals surface area contributed by atoms with Gasteiger partial charge in [0.25, 0.3) is 15.9 Å². The van der Waals surface area contributed by atoms with Gasteiger partial charge in [0.2, 0.25) is 10.0 Å². The second-order valence-corrected chi connectivity index (χ2v) is 13.6. The fourth-order valence-corrected chi connectivity index (χ4v) is 6.62. The van der Waals surface area contributed by atoms with Crippen molar-refractivity contribution in [1.82, 2.24) is 10.1 Å². The minimum atomic E-state index is -4.27. The number of nitrogens with one attached hydrogen (secondary N) is 2. The molecule has 0 saturated carbocycles. The van der Waals surface area contributed by atoms with Crippen LogP contribution in [0.2, 0.25) is 0 Å². The number of hydrogen-bond donors (Lipinski definition) is 2. The van der Waals surface area contributed by atoms with E-state index in [0.29, 0.717) is 17.3 Å². The highest BCUT2D eigenvalue weighted by atomic mass is 79.9. The van der Waals surface area contributed by atoms with Crippen molar-refractivity contribution in [1.29, 1.82) is 0 Å². The Bertz CT molecular complexity index is 1880. The van der Waals surface area contributed by atoms with Crippen molar-refractivity contribution in [3.8, 4) is 17.2 Å². The van der Waals surface area contributed by atoms with E-state index in [-0.39, 0.29) is 33.5 Å². The van der Waals surface area contributed by atoms with Crippen LogP contribution in [0.15, 0.2) is 103 Å². The van der Waals surface area contributed by atoms with Crippen molar-refractivity contribution in [3.63, 3.8) is 0 Å². The van der Waals surface area contributed by atoms with Gasteiger partial charge in [-0.25, -0.2) is 27.0 Å². The highest BCUT2D eigenvalue weighted by Gasteiger charge is 2.28. The van der Waals surface area contributed by atoms with Crippen molar-refractivity contribution < 1.29 is 40.3 Å². The molecule has 0 bridgehead atoms. The van der Waals surface area contributed by atoms with E-state index < -0.39 is 32.5 Å². The SMILES string of the molecule is COc1ccc(N(CC(=O)N/N=C\c2ccc(CNS(=O)(=O)c3ccc(Br)cc3)o2)S(=O)(=O)c2ccc(OC)c(OC)c2)cc1. The third-order valence-corrected chi connectivity index (χ3v) is 9.93. The summed E-state index contributed by atoms with van der Waals surface area (Å²) in [4.78, 5) is 12.9. The van der Waals surface area contributed by atoms with Crippen molar-refractivity contribution in [2.45, 2.75) is 16.3 Å². The number of benzene rings is 3. The number of carbonyl (C=O) groups is 1. The summed E-state index contributed by atoms with van der Waals surface area (Å²) in [5.41, 5.74) is 2.49. The lowest BCUT2D eigenvalue weighted by Crippen LogP contribution is -2.39. The Morgan fingerprint density at radius 3 is 2.18 bits per heavy atom. The van der Waals surface area contributed by atoms with E-state index in [0.717, 1.165) is 8.78 Å². The normalized spacial score (nSPS) is 11.7. The predicted molar refractivity (Wildman–Crippen MR) is 170 cm³/mol. The van der Waals surface area contributed by atoms with Crippen LogP contribution in [0.5, 0.6) is 17.2 Å². The third kappa shape index (κ3) is 8.42. The molecule has 238 valence electrons. The van der Waals surface area contributed by atoms with Crippen molar-refractivity contribution in [3.05, 3.63) is 94.9 Å².